The second-order valence-electron chi connectivity index (χ2n) is 4.89. The van der Waals surface area contributed by atoms with Crippen molar-refractivity contribution in [2.75, 3.05) is 11.9 Å². The molecule has 0 fully saturated rings. The summed E-state index contributed by atoms with van der Waals surface area (Å²) in [5.74, 6) is -0.922. The van der Waals surface area contributed by atoms with Gasteiger partial charge in [-0.25, -0.2) is 4.79 Å². The first-order chi connectivity index (χ1) is 12.2. The lowest BCUT2D eigenvalue weighted by Gasteiger charge is -2.07. The zero-order valence-corrected chi connectivity index (χ0v) is 14.5. The number of ether oxygens (including phenoxy) is 1. The van der Waals surface area contributed by atoms with Crippen LogP contribution in [0.5, 0.6) is 0 Å². The van der Waals surface area contributed by atoms with Crippen LogP contribution in [0.2, 0.25) is 0 Å². The maximum atomic E-state index is 12.4. The molecular weight excluding hydrogens is 356 g/mol. The van der Waals surface area contributed by atoms with Crippen LogP contribution in [0.3, 0.4) is 0 Å². The molecule has 1 aromatic carbocycles. The van der Waals surface area contributed by atoms with Crippen molar-refractivity contribution in [3.63, 3.8) is 0 Å². The van der Waals surface area contributed by atoms with Crippen molar-refractivity contribution < 1.29 is 14.3 Å². The van der Waals surface area contributed by atoms with Crippen LogP contribution in [0.15, 0.2) is 53.2 Å². The monoisotopic (exact) mass is 368 g/mol. The van der Waals surface area contributed by atoms with Gasteiger partial charge in [-0.2, -0.15) is 5.26 Å². The highest BCUT2D eigenvalue weighted by atomic mass is 32.1. The average Bonchev–Trinajstić information content (AvgIpc) is 3.30. The van der Waals surface area contributed by atoms with Gasteiger partial charge in [-0.05, 0) is 17.0 Å². The van der Waals surface area contributed by atoms with Crippen molar-refractivity contribution in [1.29, 1.82) is 5.26 Å². The molecular formula is C18H12N2O3S2. The van der Waals surface area contributed by atoms with E-state index in [0.717, 1.165) is 5.56 Å². The SMILES string of the molecule is N#CCOC(=O)c1c(-c2ccccc2)csc1NC(=O)c1cccs1. The second kappa shape index (κ2) is 7.75. The average molecular weight is 368 g/mol. The van der Waals surface area contributed by atoms with Gasteiger partial charge in [0.25, 0.3) is 5.91 Å². The standard InChI is InChI=1S/C18H12N2O3S2/c19-8-9-23-18(22)15-13(12-5-2-1-3-6-12)11-25-17(15)20-16(21)14-7-4-10-24-14/h1-7,10-11H,9H2,(H,20,21). The zero-order valence-electron chi connectivity index (χ0n) is 12.9. The van der Waals surface area contributed by atoms with Gasteiger partial charge in [0.15, 0.2) is 6.61 Å². The molecule has 0 aliphatic rings. The number of carbonyl (C=O) groups is 2. The minimum absolute atomic E-state index is 0.261. The fourth-order valence-corrected chi connectivity index (χ4v) is 3.80. The number of thiophene rings is 2. The van der Waals surface area contributed by atoms with Gasteiger partial charge in [-0.3, -0.25) is 4.79 Å². The fraction of sp³-hybridized carbons (Fsp3) is 0.0556. The fourth-order valence-electron chi connectivity index (χ4n) is 2.23. The summed E-state index contributed by atoms with van der Waals surface area (Å²) in [5.41, 5.74) is 1.76. The van der Waals surface area contributed by atoms with Gasteiger partial charge in [-0.15, -0.1) is 22.7 Å². The van der Waals surface area contributed by atoms with Gasteiger partial charge in [0.1, 0.15) is 16.6 Å². The number of hydrogen-bond donors (Lipinski definition) is 1. The summed E-state index contributed by atoms with van der Waals surface area (Å²) in [7, 11) is 0. The molecule has 0 aliphatic heterocycles. The molecule has 1 amide bonds. The molecule has 0 unspecified atom stereocenters. The molecule has 2 aromatic heterocycles. The third-order valence-electron chi connectivity index (χ3n) is 3.32. The minimum atomic E-state index is -0.636. The first-order valence-corrected chi connectivity index (χ1v) is 9.02. The number of anilines is 1. The van der Waals surface area contributed by atoms with E-state index in [4.69, 9.17) is 10.00 Å². The highest BCUT2D eigenvalue weighted by Gasteiger charge is 2.23. The largest absolute Gasteiger partial charge is 0.447 e. The second-order valence-corrected chi connectivity index (χ2v) is 6.71. The van der Waals surface area contributed by atoms with Crippen molar-refractivity contribution in [3.8, 4) is 17.2 Å². The van der Waals surface area contributed by atoms with Gasteiger partial charge in [-0.1, -0.05) is 36.4 Å². The van der Waals surface area contributed by atoms with Crippen molar-refractivity contribution in [3.05, 3.63) is 63.7 Å². The zero-order chi connectivity index (χ0) is 17.6. The number of nitriles is 1. The number of benzene rings is 1. The van der Waals surface area contributed by atoms with Gasteiger partial charge in [0, 0.05) is 10.9 Å². The molecule has 7 heteroatoms. The van der Waals surface area contributed by atoms with Gasteiger partial charge in [0.05, 0.1) is 4.88 Å². The molecule has 3 aromatic rings. The first-order valence-electron chi connectivity index (χ1n) is 7.26. The summed E-state index contributed by atoms with van der Waals surface area (Å²) in [5, 5.41) is 15.4. The van der Waals surface area contributed by atoms with Crippen LogP contribution in [-0.2, 0) is 4.74 Å². The molecule has 25 heavy (non-hydrogen) atoms. The van der Waals surface area contributed by atoms with Crippen LogP contribution in [-0.4, -0.2) is 18.5 Å². The Bertz CT molecular complexity index is 925. The Balaban J connectivity index is 1.97. The number of rotatable bonds is 5. The molecule has 0 atom stereocenters. The molecule has 0 radical (unpaired) electrons. The summed E-state index contributed by atoms with van der Waals surface area (Å²) in [6, 6.07) is 14.6. The quantitative estimate of drug-likeness (QED) is 0.677. The number of hydrogen-bond acceptors (Lipinski definition) is 6. The van der Waals surface area contributed by atoms with Crippen LogP contribution in [0.25, 0.3) is 11.1 Å². The third kappa shape index (κ3) is 3.76. The molecule has 0 aliphatic carbocycles. The maximum Gasteiger partial charge on any atom is 0.342 e. The lowest BCUT2D eigenvalue weighted by molar-refractivity contribution is 0.0557. The summed E-state index contributed by atoms with van der Waals surface area (Å²) in [6.45, 7) is -0.346. The van der Waals surface area contributed by atoms with Gasteiger partial charge < -0.3 is 10.1 Å². The number of nitrogens with one attached hydrogen (secondary N) is 1. The van der Waals surface area contributed by atoms with E-state index >= 15 is 0 Å². The highest BCUT2D eigenvalue weighted by Crippen LogP contribution is 2.36. The van der Waals surface area contributed by atoms with Gasteiger partial charge >= 0.3 is 5.97 Å². The first kappa shape index (κ1) is 16.9. The molecule has 0 bridgehead atoms. The Hall–Kier alpha value is -2.95. The molecule has 124 valence electrons. The van der Waals surface area contributed by atoms with Crippen molar-refractivity contribution in [2.24, 2.45) is 0 Å². The number of nitrogens with zero attached hydrogens (tertiary/aromatic N) is 1. The Morgan fingerprint density at radius 3 is 2.60 bits per heavy atom. The molecule has 0 saturated carbocycles. The van der Waals surface area contributed by atoms with Crippen molar-refractivity contribution >= 4 is 39.6 Å². The Morgan fingerprint density at radius 2 is 1.92 bits per heavy atom. The van der Waals surface area contributed by atoms with E-state index in [1.807, 2.05) is 30.3 Å². The van der Waals surface area contributed by atoms with Gasteiger partial charge in [0.2, 0.25) is 0 Å². The van der Waals surface area contributed by atoms with Crippen LogP contribution in [0, 0.1) is 11.3 Å². The predicted molar refractivity (Wildman–Crippen MR) is 97.9 cm³/mol. The summed E-state index contributed by atoms with van der Waals surface area (Å²) in [4.78, 5) is 25.3. The summed E-state index contributed by atoms with van der Waals surface area (Å²) in [6.07, 6.45) is 0. The highest BCUT2D eigenvalue weighted by molar-refractivity contribution is 7.15. The molecule has 0 spiro atoms. The summed E-state index contributed by atoms with van der Waals surface area (Å²) >= 11 is 2.56. The van der Waals surface area contributed by atoms with Crippen molar-refractivity contribution in [2.45, 2.75) is 0 Å². The van der Waals surface area contributed by atoms with E-state index in [0.29, 0.717) is 15.4 Å². The molecule has 5 nitrogen and oxygen atoms in total. The van der Waals surface area contributed by atoms with Crippen LogP contribution >= 0.6 is 22.7 Å². The van der Waals surface area contributed by atoms with Crippen LogP contribution < -0.4 is 5.32 Å². The number of carbonyl (C=O) groups excluding carboxylic acids is 2. The Morgan fingerprint density at radius 1 is 1.12 bits per heavy atom. The number of amides is 1. The third-order valence-corrected chi connectivity index (χ3v) is 5.08. The predicted octanol–water partition coefficient (Wildman–Crippen LogP) is 4.41. The van der Waals surface area contributed by atoms with Crippen LogP contribution in [0.1, 0.15) is 20.0 Å². The lowest BCUT2D eigenvalue weighted by atomic mass is 10.0. The smallest absolute Gasteiger partial charge is 0.342 e. The van der Waals surface area contributed by atoms with Crippen LogP contribution in [0.4, 0.5) is 5.00 Å². The summed E-state index contributed by atoms with van der Waals surface area (Å²) < 4.78 is 4.97. The molecule has 3 rings (SSSR count). The van der Waals surface area contributed by atoms with E-state index in [1.54, 1.807) is 29.0 Å². The topological polar surface area (TPSA) is 79.2 Å². The van der Waals surface area contributed by atoms with E-state index in [2.05, 4.69) is 5.32 Å². The normalized spacial score (nSPS) is 10.0. The Labute approximate surface area is 152 Å². The molecule has 1 N–H and O–H groups in total. The molecule has 2 heterocycles. The molecule has 0 saturated heterocycles. The Kier molecular flexibility index (Phi) is 5.23. The number of esters is 1. The van der Waals surface area contributed by atoms with Crippen molar-refractivity contribution in [1.82, 2.24) is 0 Å². The van der Waals surface area contributed by atoms with E-state index in [1.165, 1.54) is 22.7 Å². The van der Waals surface area contributed by atoms with E-state index < -0.39 is 5.97 Å². The van der Waals surface area contributed by atoms with E-state index in [9.17, 15) is 9.59 Å². The maximum absolute atomic E-state index is 12.4. The lowest BCUT2D eigenvalue weighted by Crippen LogP contribution is -2.14. The minimum Gasteiger partial charge on any atom is -0.447 e. The van der Waals surface area contributed by atoms with E-state index in [-0.39, 0.29) is 18.1 Å².